The Labute approximate surface area is 61.3 Å². The first kappa shape index (κ1) is 1.29. The van der Waals surface area contributed by atoms with Crippen LogP contribution in [0, 0.1) is 0 Å². The van der Waals surface area contributed by atoms with E-state index in [2.05, 4.69) is 0 Å². The Morgan fingerprint density at radius 1 is 2.12 bits per heavy atom. The molecule has 0 aromatic heterocycles. The zero-order valence-electron chi connectivity index (χ0n) is 12.9. The molecule has 0 heterocycles. The minimum atomic E-state index is -3.59. The van der Waals surface area contributed by atoms with Crippen LogP contribution in [0.15, 0.2) is 0 Å². The van der Waals surface area contributed by atoms with E-state index in [0.717, 1.165) is 0 Å². The number of rotatable bonds is 4. The number of carboxylic acid groups (broad SMARTS) is 1. The Morgan fingerprint density at radius 2 is 2.88 bits per heavy atom. The van der Waals surface area contributed by atoms with E-state index in [4.69, 9.17) is 17.4 Å². The standard InChI is InChI=1S/C5H11NO2/c1-6-4-2-3-5(7)8/h6H,2-4H2,1H3,(H,7,8)/i1D3,2D2,3D2,4D2. The lowest BCUT2D eigenvalue weighted by molar-refractivity contribution is -0.137. The van der Waals surface area contributed by atoms with Gasteiger partial charge in [-0.1, -0.05) is 0 Å². The highest BCUT2D eigenvalue weighted by molar-refractivity contribution is 5.66. The Balaban J connectivity index is 5.37. The fourth-order valence-corrected chi connectivity index (χ4v) is 0.116. The summed E-state index contributed by atoms with van der Waals surface area (Å²) in [5.74, 6) is -2.22. The molecule has 0 rings (SSSR count). The van der Waals surface area contributed by atoms with Gasteiger partial charge in [0, 0.05) is 18.7 Å². The van der Waals surface area contributed by atoms with Crippen molar-refractivity contribution >= 4 is 5.97 Å². The van der Waals surface area contributed by atoms with Crippen molar-refractivity contribution in [2.45, 2.75) is 12.7 Å². The molecule has 48 valence electrons. The molecule has 0 aliphatic rings. The van der Waals surface area contributed by atoms with Crippen molar-refractivity contribution in [1.82, 2.24) is 5.32 Å². The number of carboxylic acids is 1. The molecule has 0 aliphatic heterocycles. The first-order valence-corrected chi connectivity index (χ1v) is 1.68. The molecule has 0 bridgehead atoms. The molecule has 0 aliphatic carbocycles. The van der Waals surface area contributed by atoms with E-state index in [1.54, 1.807) is 0 Å². The van der Waals surface area contributed by atoms with Gasteiger partial charge >= 0.3 is 5.97 Å². The van der Waals surface area contributed by atoms with Crippen LogP contribution < -0.4 is 5.32 Å². The Kier molecular flexibility index (Phi) is 0.740. The van der Waals surface area contributed by atoms with Crippen LogP contribution in [-0.2, 0) is 4.79 Å². The normalized spacial score (nSPS) is 32.8. The van der Waals surface area contributed by atoms with Crippen molar-refractivity contribution in [2.75, 3.05) is 13.5 Å². The zero-order chi connectivity index (χ0) is 14.3. The fraction of sp³-hybridized carbons (Fsp3) is 0.800. The smallest absolute Gasteiger partial charge is 0.303 e. The number of hydrogen-bond donors (Lipinski definition) is 2. The molecule has 0 fully saturated rings. The SMILES string of the molecule is [2H]C([2H])([2H])NC([2H])([2H])C([2H])([2H])C([2H])([2H])C(=O)O. The van der Waals surface area contributed by atoms with Crippen molar-refractivity contribution in [1.29, 1.82) is 0 Å². The summed E-state index contributed by atoms with van der Waals surface area (Å²) in [6, 6.07) is 0. The van der Waals surface area contributed by atoms with E-state index in [1.807, 2.05) is 0 Å². The van der Waals surface area contributed by atoms with E-state index >= 15 is 0 Å². The lowest BCUT2D eigenvalue weighted by Gasteiger charge is -1.92. The maximum Gasteiger partial charge on any atom is 0.303 e. The molecule has 0 spiro atoms. The number of nitrogens with one attached hydrogen (secondary N) is 1. The highest BCUT2D eigenvalue weighted by Gasteiger charge is 1.92. The Morgan fingerprint density at radius 3 is 3.38 bits per heavy atom. The highest BCUT2D eigenvalue weighted by atomic mass is 16.4. The van der Waals surface area contributed by atoms with Gasteiger partial charge in [0.15, 0.2) is 0 Å². The van der Waals surface area contributed by atoms with Gasteiger partial charge in [-0.2, -0.15) is 0 Å². The van der Waals surface area contributed by atoms with Gasteiger partial charge in [-0.05, 0) is 19.8 Å². The molecule has 0 aromatic rings. The predicted octanol–water partition coefficient (Wildman–Crippen LogP) is 0.0706. The quantitative estimate of drug-likeness (QED) is 0.560. The number of aliphatic carboxylic acids is 1. The maximum atomic E-state index is 10.5. The lowest BCUT2D eigenvalue weighted by Crippen LogP contribution is -2.09. The van der Waals surface area contributed by atoms with Crippen LogP contribution in [0.2, 0.25) is 0 Å². The maximum absolute atomic E-state index is 10.5. The van der Waals surface area contributed by atoms with E-state index < -0.39 is 32.2 Å². The van der Waals surface area contributed by atoms with Crippen LogP contribution in [-0.4, -0.2) is 24.5 Å². The van der Waals surface area contributed by atoms with Crippen molar-refractivity contribution in [3.63, 3.8) is 0 Å². The van der Waals surface area contributed by atoms with Gasteiger partial charge < -0.3 is 10.4 Å². The van der Waals surface area contributed by atoms with Crippen LogP contribution in [0.5, 0.6) is 0 Å². The average Bonchev–Trinajstić information content (AvgIpc) is 1.98. The first-order valence-electron chi connectivity index (χ1n) is 6.18. The van der Waals surface area contributed by atoms with Gasteiger partial charge in [0.1, 0.15) is 0 Å². The van der Waals surface area contributed by atoms with Gasteiger partial charge in [0.05, 0.1) is 0 Å². The van der Waals surface area contributed by atoms with Gasteiger partial charge in [0.25, 0.3) is 0 Å². The minimum Gasteiger partial charge on any atom is -0.481 e. The van der Waals surface area contributed by atoms with Gasteiger partial charge in [-0.3, -0.25) is 4.79 Å². The fourth-order valence-electron chi connectivity index (χ4n) is 0.116. The molecule has 0 amide bonds. The van der Waals surface area contributed by atoms with Gasteiger partial charge in [-0.15, -0.1) is 0 Å². The summed E-state index contributed by atoms with van der Waals surface area (Å²) in [5.41, 5.74) is 0. The second-order valence-electron chi connectivity index (χ2n) is 0.805. The monoisotopic (exact) mass is 126 g/mol. The summed E-state index contributed by atoms with van der Waals surface area (Å²) >= 11 is 0. The number of carbonyl (C=O) groups is 1. The second-order valence-corrected chi connectivity index (χ2v) is 0.805. The third-order valence-corrected chi connectivity index (χ3v) is 0.294. The molecule has 3 heteroatoms. The third kappa shape index (κ3) is 5.43. The molecule has 0 atom stereocenters. The van der Waals surface area contributed by atoms with Crippen molar-refractivity contribution in [2.24, 2.45) is 0 Å². The summed E-state index contributed by atoms with van der Waals surface area (Å²) in [5, 5.41) is 9.74. The molecule has 0 aromatic carbocycles. The summed E-state index contributed by atoms with van der Waals surface area (Å²) < 4.78 is 62.8. The zero-order valence-corrected chi connectivity index (χ0v) is 3.86. The first-order chi connectivity index (χ1) is 7.15. The molecule has 0 saturated carbocycles. The highest BCUT2D eigenvalue weighted by Crippen LogP contribution is 1.83. The van der Waals surface area contributed by atoms with Crippen LogP contribution in [0.1, 0.15) is 25.1 Å². The summed E-state index contributed by atoms with van der Waals surface area (Å²) in [4.78, 5) is 10.5. The lowest BCUT2D eigenvalue weighted by atomic mass is 10.3. The molecule has 0 saturated heterocycles. The topological polar surface area (TPSA) is 49.3 Å². The molecule has 0 unspecified atom stereocenters. The Bertz CT molecular complexity index is 309. The van der Waals surface area contributed by atoms with E-state index in [-0.39, 0.29) is 0 Å². The summed E-state index contributed by atoms with van der Waals surface area (Å²) in [7, 11) is 0. The predicted molar refractivity (Wildman–Crippen MR) is 30.8 cm³/mol. The molecular weight excluding hydrogens is 106 g/mol. The molecular formula is C5H11NO2. The van der Waals surface area contributed by atoms with Crippen LogP contribution in [0.3, 0.4) is 0 Å². The number of hydrogen-bond acceptors (Lipinski definition) is 2. The molecule has 8 heavy (non-hydrogen) atoms. The van der Waals surface area contributed by atoms with E-state index in [1.165, 1.54) is 5.32 Å². The van der Waals surface area contributed by atoms with Crippen molar-refractivity contribution < 1.29 is 22.2 Å². The summed E-state index contributed by atoms with van der Waals surface area (Å²) in [6.45, 7) is -6.47. The third-order valence-electron chi connectivity index (χ3n) is 0.294. The van der Waals surface area contributed by atoms with Crippen molar-refractivity contribution in [3.05, 3.63) is 0 Å². The molecule has 0 radical (unpaired) electrons. The van der Waals surface area contributed by atoms with Crippen LogP contribution in [0.25, 0.3) is 0 Å². The second kappa shape index (κ2) is 4.59. The van der Waals surface area contributed by atoms with Gasteiger partial charge in [0.2, 0.25) is 0 Å². The molecule has 3 nitrogen and oxygen atoms in total. The van der Waals surface area contributed by atoms with Crippen molar-refractivity contribution in [3.8, 4) is 0 Å². The minimum absolute atomic E-state index is 1.25. The Hall–Kier alpha value is -0.570. The summed E-state index contributed by atoms with van der Waals surface area (Å²) in [6.07, 6.45) is -7.17. The van der Waals surface area contributed by atoms with Crippen LogP contribution >= 0.6 is 0 Å². The van der Waals surface area contributed by atoms with E-state index in [0.29, 0.717) is 0 Å². The average molecular weight is 126 g/mol. The van der Waals surface area contributed by atoms with Gasteiger partial charge in [-0.25, -0.2) is 0 Å². The molecule has 2 N–H and O–H groups in total. The van der Waals surface area contributed by atoms with Crippen LogP contribution in [0.4, 0.5) is 0 Å². The van der Waals surface area contributed by atoms with E-state index in [9.17, 15) is 4.79 Å². The largest absolute Gasteiger partial charge is 0.481 e.